The molecule has 116 valence electrons. The summed E-state index contributed by atoms with van der Waals surface area (Å²) in [5.41, 5.74) is 0.674. The first kappa shape index (κ1) is 16.8. The second-order valence-electron chi connectivity index (χ2n) is 4.27. The lowest BCUT2D eigenvalue weighted by molar-refractivity contribution is -0.120. The number of anilines is 1. The van der Waals surface area contributed by atoms with Crippen LogP contribution in [0.15, 0.2) is 24.3 Å². The first-order valence-electron chi connectivity index (χ1n) is 6.58. The molecule has 7 heteroatoms. The highest BCUT2D eigenvalue weighted by Crippen LogP contribution is 2.24. The summed E-state index contributed by atoms with van der Waals surface area (Å²) in [6.45, 7) is 2.54. The molecule has 7 nitrogen and oxygen atoms in total. The molecule has 3 amide bonds. The molecule has 0 aliphatic heterocycles. The van der Waals surface area contributed by atoms with E-state index in [2.05, 4.69) is 16.0 Å². The molecule has 1 atom stereocenters. The third-order valence-electron chi connectivity index (χ3n) is 2.66. The molecule has 21 heavy (non-hydrogen) atoms. The molecule has 0 bridgehead atoms. The average Bonchev–Trinajstić information content (AvgIpc) is 2.48. The number of nitrogens with one attached hydrogen (secondary N) is 3. The number of para-hydroxylation sites is 2. The van der Waals surface area contributed by atoms with Crippen molar-refractivity contribution in [3.8, 4) is 5.75 Å². The molecule has 0 saturated carbocycles. The number of urea groups is 1. The van der Waals surface area contributed by atoms with Crippen molar-refractivity contribution in [1.29, 1.82) is 0 Å². The van der Waals surface area contributed by atoms with Crippen LogP contribution >= 0.6 is 0 Å². The largest absolute Gasteiger partial charge is 0.489 e. The van der Waals surface area contributed by atoms with Gasteiger partial charge in [0.2, 0.25) is 5.91 Å². The Bertz CT molecular complexity index is 479. The van der Waals surface area contributed by atoms with Crippen LogP contribution in [0.3, 0.4) is 0 Å². The predicted octanol–water partition coefficient (Wildman–Crippen LogP) is 0.968. The number of amides is 3. The Kier molecular flexibility index (Phi) is 7.03. The van der Waals surface area contributed by atoms with Crippen molar-refractivity contribution < 1.29 is 19.1 Å². The highest BCUT2D eigenvalue weighted by Gasteiger charge is 2.16. The maximum absolute atomic E-state index is 11.8. The highest BCUT2D eigenvalue weighted by molar-refractivity contribution is 5.98. The van der Waals surface area contributed by atoms with Crippen molar-refractivity contribution in [1.82, 2.24) is 10.6 Å². The lowest BCUT2D eigenvalue weighted by atomic mass is 10.2. The number of methoxy groups -OCH3 is 1. The van der Waals surface area contributed by atoms with E-state index in [-0.39, 0.29) is 0 Å². The number of hydrogen-bond acceptors (Lipinski definition) is 5. The first-order valence-corrected chi connectivity index (χ1v) is 6.58. The number of imide groups is 1. The van der Waals surface area contributed by atoms with Gasteiger partial charge in [-0.1, -0.05) is 12.1 Å². The van der Waals surface area contributed by atoms with Gasteiger partial charge in [-0.25, -0.2) is 4.79 Å². The number of carbonyl (C=O) groups excluding carboxylic acids is 2. The third-order valence-corrected chi connectivity index (χ3v) is 2.66. The van der Waals surface area contributed by atoms with Crippen LogP contribution in [0.5, 0.6) is 5.75 Å². The van der Waals surface area contributed by atoms with Crippen LogP contribution < -0.4 is 20.7 Å². The second-order valence-corrected chi connectivity index (χ2v) is 4.27. The fraction of sp³-hybridized carbons (Fsp3) is 0.429. The smallest absolute Gasteiger partial charge is 0.321 e. The zero-order valence-corrected chi connectivity index (χ0v) is 12.4. The molecular weight excluding hydrogens is 274 g/mol. The predicted molar refractivity (Wildman–Crippen MR) is 79.5 cm³/mol. The van der Waals surface area contributed by atoms with Crippen molar-refractivity contribution in [2.24, 2.45) is 0 Å². The Morgan fingerprint density at radius 2 is 1.95 bits per heavy atom. The summed E-state index contributed by atoms with van der Waals surface area (Å²) < 4.78 is 10.5. The lowest BCUT2D eigenvalue weighted by Crippen LogP contribution is -2.44. The van der Waals surface area contributed by atoms with Crippen molar-refractivity contribution in [2.75, 3.05) is 32.7 Å². The average molecular weight is 295 g/mol. The van der Waals surface area contributed by atoms with Gasteiger partial charge in [0, 0.05) is 14.2 Å². The van der Waals surface area contributed by atoms with Gasteiger partial charge in [0.25, 0.3) is 0 Å². The third kappa shape index (κ3) is 5.70. The molecule has 0 spiro atoms. The summed E-state index contributed by atoms with van der Waals surface area (Å²) in [5, 5.41) is 7.54. The van der Waals surface area contributed by atoms with Crippen molar-refractivity contribution in [2.45, 2.75) is 13.0 Å². The van der Waals surface area contributed by atoms with E-state index in [0.29, 0.717) is 24.7 Å². The number of rotatable bonds is 7. The molecule has 3 N–H and O–H groups in total. The molecule has 1 aromatic rings. The van der Waals surface area contributed by atoms with Gasteiger partial charge < -0.3 is 20.1 Å². The Morgan fingerprint density at radius 1 is 1.24 bits per heavy atom. The Labute approximate surface area is 124 Å². The number of ether oxygens (including phenoxy) is 2. The SMILES string of the molecule is CNC(=O)NC(=O)[C@@H](C)Nc1ccccc1OCCOC. The molecule has 0 unspecified atom stereocenters. The zero-order valence-electron chi connectivity index (χ0n) is 12.4. The summed E-state index contributed by atoms with van der Waals surface area (Å²) in [7, 11) is 3.04. The van der Waals surface area contributed by atoms with Crippen LogP contribution in [0.1, 0.15) is 6.92 Å². The molecule has 1 rings (SSSR count). The standard InChI is InChI=1S/C14H21N3O4/c1-10(13(18)17-14(19)15-2)16-11-6-4-5-7-12(11)21-9-8-20-3/h4-7,10,16H,8-9H2,1-3H3,(H2,15,17,18,19)/t10-/m1/s1. The number of hydrogen-bond donors (Lipinski definition) is 3. The molecule has 0 aromatic heterocycles. The van der Waals surface area contributed by atoms with E-state index in [1.807, 2.05) is 12.1 Å². The normalized spacial score (nSPS) is 11.4. The molecule has 0 saturated heterocycles. The van der Waals surface area contributed by atoms with Gasteiger partial charge in [0.05, 0.1) is 12.3 Å². The van der Waals surface area contributed by atoms with Crippen LogP contribution in [0.2, 0.25) is 0 Å². The summed E-state index contributed by atoms with van der Waals surface area (Å²) in [6.07, 6.45) is 0. The Balaban J connectivity index is 2.64. The molecule has 0 aliphatic rings. The minimum absolute atomic E-state index is 0.411. The van der Waals surface area contributed by atoms with Gasteiger partial charge in [-0.15, -0.1) is 0 Å². The second kappa shape index (κ2) is 8.80. The van der Waals surface area contributed by atoms with E-state index in [1.54, 1.807) is 26.2 Å². The molecule has 1 aromatic carbocycles. The van der Waals surface area contributed by atoms with Gasteiger partial charge in [0.15, 0.2) is 0 Å². The summed E-state index contributed by atoms with van der Waals surface area (Å²) in [4.78, 5) is 22.9. The van der Waals surface area contributed by atoms with Crippen LogP contribution in [-0.4, -0.2) is 45.4 Å². The lowest BCUT2D eigenvalue weighted by Gasteiger charge is -2.17. The molecule has 0 aliphatic carbocycles. The Hall–Kier alpha value is -2.28. The zero-order chi connectivity index (χ0) is 15.7. The molecule has 0 radical (unpaired) electrons. The van der Waals surface area contributed by atoms with Gasteiger partial charge >= 0.3 is 6.03 Å². The van der Waals surface area contributed by atoms with E-state index in [1.165, 1.54) is 7.05 Å². The topological polar surface area (TPSA) is 88.7 Å². The minimum Gasteiger partial charge on any atom is -0.489 e. The maximum atomic E-state index is 11.8. The van der Waals surface area contributed by atoms with Crippen LogP contribution in [0, 0.1) is 0 Å². The quantitative estimate of drug-likeness (QED) is 0.652. The van der Waals surface area contributed by atoms with E-state index >= 15 is 0 Å². The van der Waals surface area contributed by atoms with Crippen LogP contribution in [0.25, 0.3) is 0 Å². The van der Waals surface area contributed by atoms with E-state index in [0.717, 1.165) is 0 Å². The maximum Gasteiger partial charge on any atom is 0.321 e. The molecule has 0 heterocycles. The van der Waals surface area contributed by atoms with Crippen molar-refractivity contribution in [3.63, 3.8) is 0 Å². The van der Waals surface area contributed by atoms with Crippen LogP contribution in [-0.2, 0) is 9.53 Å². The highest BCUT2D eigenvalue weighted by atomic mass is 16.5. The van der Waals surface area contributed by atoms with Gasteiger partial charge in [-0.3, -0.25) is 10.1 Å². The number of benzene rings is 1. The van der Waals surface area contributed by atoms with E-state index in [9.17, 15) is 9.59 Å². The van der Waals surface area contributed by atoms with Crippen molar-refractivity contribution >= 4 is 17.6 Å². The fourth-order valence-corrected chi connectivity index (χ4v) is 1.53. The fourth-order valence-electron chi connectivity index (χ4n) is 1.53. The summed E-state index contributed by atoms with van der Waals surface area (Å²) >= 11 is 0. The Morgan fingerprint density at radius 3 is 2.62 bits per heavy atom. The number of carbonyl (C=O) groups is 2. The summed E-state index contributed by atoms with van der Waals surface area (Å²) in [6, 6.07) is 6.12. The molecular formula is C14H21N3O4. The van der Waals surface area contributed by atoms with Crippen LogP contribution in [0.4, 0.5) is 10.5 Å². The van der Waals surface area contributed by atoms with Gasteiger partial charge in [0.1, 0.15) is 18.4 Å². The minimum atomic E-state index is -0.588. The van der Waals surface area contributed by atoms with Gasteiger partial charge in [-0.2, -0.15) is 0 Å². The van der Waals surface area contributed by atoms with E-state index in [4.69, 9.17) is 9.47 Å². The van der Waals surface area contributed by atoms with E-state index < -0.39 is 18.0 Å². The molecule has 0 fully saturated rings. The van der Waals surface area contributed by atoms with Gasteiger partial charge in [-0.05, 0) is 19.1 Å². The summed E-state index contributed by atoms with van der Waals surface area (Å²) in [5.74, 6) is 0.190. The van der Waals surface area contributed by atoms with Crippen molar-refractivity contribution in [3.05, 3.63) is 24.3 Å². The first-order chi connectivity index (χ1) is 10.1. The monoisotopic (exact) mass is 295 g/mol.